The number of benzene rings is 2. The fourth-order valence-corrected chi connectivity index (χ4v) is 2.64. The third-order valence-electron chi connectivity index (χ3n) is 3.81. The van der Waals surface area contributed by atoms with E-state index in [0.717, 1.165) is 0 Å². The summed E-state index contributed by atoms with van der Waals surface area (Å²) in [5, 5.41) is 3.99. The van der Waals surface area contributed by atoms with Crippen LogP contribution in [0.2, 0.25) is 5.02 Å². The van der Waals surface area contributed by atoms with Gasteiger partial charge in [-0.1, -0.05) is 11.6 Å². The predicted molar refractivity (Wildman–Crippen MR) is 94.8 cm³/mol. The second kappa shape index (κ2) is 7.15. The third-order valence-corrected chi connectivity index (χ3v) is 4.06. The highest BCUT2D eigenvalue weighted by Crippen LogP contribution is 2.26. The molecule has 0 saturated carbocycles. The number of carbonyl (C=O) groups excluding carboxylic acids is 1. The Labute approximate surface area is 149 Å². The van der Waals surface area contributed by atoms with Crippen molar-refractivity contribution < 1.29 is 18.3 Å². The van der Waals surface area contributed by atoms with E-state index in [2.05, 4.69) is 5.32 Å². The predicted octanol–water partition coefficient (Wildman–Crippen LogP) is 4.73. The van der Waals surface area contributed by atoms with Gasteiger partial charge in [-0.15, -0.1) is 0 Å². The second-order valence-electron chi connectivity index (χ2n) is 5.79. The van der Waals surface area contributed by atoms with Crippen molar-refractivity contribution in [3.8, 4) is 5.75 Å². The molecule has 3 aromatic rings. The molecule has 6 heteroatoms. The van der Waals surface area contributed by atoms with Crippen molar-refractivity contribution in [2.75, 3.05) is 6.54 Å². The molecule has 0 aliphatic heterocycles. The van der Waals surface area contributed by atoms with E-state index in [1.807, 2.05) is 6.92 Å². The Morgan fingerprint density at radius 2 is 2.00 bits per heavy atom. The highest BCUT2D eigenvalue weighted by Gasteiger charge is 2.18. The van der Waals surface area contributed by atoms with Crippen molar-refractivity contribution >= 4 is 28.5 Å². The molecule has 0 unspecified atom stereocenters. The molecule has 0 fully saturated rings. The summed E-state index contributed by atoms with van der Waals surface area (Å²) < 4.78 is 24.6. The number of rotatable bonds is 5. The van der Waals surface area contributed by atoms with Crippen LogP contribution in [0.4, 0.5) is 4.39 Å². The fourth-order valence-electron chi connectivity index (χ4n) is 2.51. The maximum absolute atomic E-state index is 13.3. The number of furan rings is 1. The molecule has 0 bridgehead atoms. The lowest BCUT2D eigenvalue weighted by atomic mass is 10.1. The van der Waals surface area contributed by atoms with E-state index >= 15 is 0 Å². The summed E-state index contributed by atoms with van der Waals surface area (Å²) in [6.45, 7) is 3.87. The van der Waals surface area contributed by atoms with Crippen LogP contribution in [0.25, 0.3) is 11.0 Å². The van der Waals surface area contributed by atoms with Crippen LogP contribution in [0.15, 0.2) is 46.9 Å². The van der Waals surface area contributed by atoms with Gasteiger partial charge in [0, 0.05) is 16.0 Å². The number of amides is 1. The lowest BCUT2D eigenvalue weighted by molar-refractivity contribution is 0.0906. The average molecular weight is 362 g/mol. The Morgan fingerprint density at radius 3 is 2.72 bits per heavy atom. The molecule has 2 aromatic carbocycles. The molecule has 25 heavy (non-hydrogen) atoms. The fraction of sp³-hybridized carbons (Fsp3) is 0.211. The number of hydrogen-bond acceptors (Lipinski definition) is 3. The van der Waals surface area contributed by atoms with Crippen LogP contribution in [0, 0.1) is 12.7 Å². The summed E-state index contributed by atoms with van der Waals surface area (Å²) in [6, 6.07) is 11.2. The number of aryl methyl sites for hydroxylation is 1. The number of halogens is 2. The first-order valence-corrected chi connectivity index (χ1v) is 8.21. The van der Waals surface area contributed by atoms with Crippen molar-refractivity contribution in [2.24, 2.45) is 0 Å². The molecule has 4 nitrogen and oxygen atoms in total. The summed E-state index contributed by atoms with van der Waals surface area (Å²) in [5.74, 6) is 0.120. The molecule has 130 valence electrons. The molecule has 1 aromatic heterocycles. The zero-order valence-corrected chi connectivity index (χ0v) is 14.6. The van der Waals surface area contributed by atoms with E-state index in [-0.39, 0.29) is 23.6 Å². The molecule has 1 amide bonds. The Morgan fingerprint density at radius 1 is 1.28 bits per heavy atom. The average Bonchev–Trinajstić information content (AvgIpc) is 2.91. The van der Waals surface area contributed by atoms with Gasteiger partial charge in [0.25, 0.3) is 5.91 Å². The molecule has 3 rings (SSSR count). The molecule has 0 radical (unpaired) electrons. The summed E-state index contributed by atoms with van der Waals surface area (Å²) >= 11 is 5.83. The highest BCUT2D eigenvalue weighted by atomic mass is 35.5. The molecule has 1 atom stereocenters. The molecule has 1 N–H and O–H groups in total. The zero-order valence-electron chi connectivity index (χ0n) is 13.8. The van der Waals surface area contributed by atoms with Crippen LogP contribution in [-0.4, -0.2) is 18.6 Å². The first-order chi connectivity index (χ1) is 11.9. The maximum Gasteiger partial charge on any atom is 0.287 e. The summed E-state index contributed by atoms with van der Waals surface area (Å²) in [5.41, 5.74) is 1.09. The van der Waals surface area contributed by atoms with Gasteiger partial charge in [0.15, 0.2) is 5.76 Å². The lowest BCUT2D eigenvalue weighted by Gasteiger charge is -2.15. The SMILES string of the molecule is Cc1c(C(=O)NC[C@@H](C)Oc2ccc(Cl)cc2)oc2ccc(F)cc12. The van der Waals surface area contributed by atoms with E-state index in [9.17, 15) is 9.18 Å². The minimum Gasteiger partial charge on any atom is -0.489 e. The summed E-state index contributed by atoms with van der Waals surface area (Å²) in [7, 11) is 0. The normalized spacial score (nSPS) is 12.2. The van der Waals surface area contributed by atoms with E-state index < -0.39 is 0 Å². The van der Waals surface area contributed by atoms with E-state index in [1.165, 1.54) is 18.2 Å². The van der Waals surface area contributed by atoms with Crippen LogP contribution >= 0.6 is 11.6 Å². The molecule has 0 aliphatic carbocycles. The van der Waals surface area contributed by atoms with Gasteiger partial charge in [-0.05, 0) is 56.3 Å². The highest BCUT2D eigenvalue weighted by molar-refractivity contribution is 6.30. The monoisotopic (exact) mass is 361 g/mol. The maximum atomic E-state index is 13.3. The van der Waals surface area contributed by atoms with Crippen molar-refractivity contribution in [1.82, 2.24) is 5.32 Å². The standard InChI is InChI=1S/C19H17ClFNO3/c1-11(24-15-6-3-13(20)4-7-15)10-22-19(23)18-12(2)16-9-14(21)5-8-17(16)25-18/h3-9,11H,10H2,1-2H3,(H,22,23)/t11-/m1/s1. The second-order valence-corrected chi connectivity index (χ2v) is 6.23. The van der Waals surface area contributed by atoms with E-state index in [1.54, 1.807) is 31.2 Å². The van der Waals surface area contributed by atoms with Crippen LogP contribution in [0.1, 0.15) is 23.0 Å². The molecule has 1 heterocycles. The Hall–Kier alpha value is -2.53. The van der Waals surface area contributed by atoms with Gasteiger partial charge >= 0.3 is 0 Å². The first kappa shape index (κ1) is 17.3. The number of nitrogens with one attached hydrogen (secondary N) is 1. The van der Waals surface area contributed by atoms with E-state index in [0.29, 0.717) is 33.8 Å². The van der Waals surface area contributed by atoms with Crippen molar-refractivity contribution in [3.63, 3.8) is 0 Å². The van der Waals surface area contributed by atoms with Gasteiger partial charge < -0.3 is 14.5 Å². The van der Waals surface area contributed by atoms with Crippen molar-refractivity contribution in [1.29, 1.82) is 0 Å². The van der Waals surface area contributed by atoms with Gasteiger partial charge in [0.05, 0.1) is 6.54 Å². The number of carbonyl (C=O) groups is 1. The van der Waals surface area contributed by atoms with Gasteiger partial charge in [0.1, 0.15) is 23.3 Å². The smallest absolute Gasteiger partial charge is 0.287 e. The lowest BCUT2D eigenvalue weighted by Crippen LogP contribution is -2.33. The first-order valence-electron chi connectivity index (χ1n) is 7.83. The van der Waals surface area contributed by atoms with Crippen LogP contribution < -0.4 is 10.1 Å². The Kier molecular flexibility index (Phi) is 4.95. The van der Waals surface area contributed by atoms with Crippen LogP contribution in [0.3, 0.4) is 0 Å². The minimum atomic E-state index is -0.367. The summed E-state index contributed by atoms with van der Waals surface area (Å²) in [6.07, 6.45) is -0.243. The van der Waals surface area contributed by atoms with Crippen LogP contribution in [0.5, 0.6) is 5.75 Å². The quantitative estimate of drug-likeness (QED) is 0.714. The number of hydrogen-bond donors (Lipinski definition) is 1. The van der Waals surface area contributed by atoms with Crippen molar-refractivity contribution in [2.45, 2.75) is 20.0 Å². The van der Waals surface area contributed by atoms with Gasteiger partial charge in [-0.2, -0.15) is 0 Å². The Bertz CT molecular complexity index is 905. The van der Waals surface area contributed by atoms with Gasteiger partial charge in [-0.25, -0.2) is 4.39 Å². The third kappa shape index (κ3) is 3.94. The largest absolute Gasteiger partial charge is 0.489 e. The molecular weight excluding hydrogens is 345 g/mol. The van der Waals surface area contributed by atoms with Crippen LogP contribution in [-0.2, 0) is 0 Å². The zero-order chi connectivity index (χ0) is 18.0. The van der Waals surface area contributed by atoms with Gasteiger partial charge in [-0.3, -0.25) is 4.79 Å². The molecule has 0 aliphatic rings. The number of fused-ring (bicyclic) bond motifs is 1. The van der Waals surface area contributed by atoms with E-state index in [4.69, 9.17) is 20.8 Å². The summed E-state index contributed by atoms with van der Waals surface area (Å²) in [4.78, 5) is 12.3. The van der Waals surface area contributed by atoms with Gasteiger partial charge in [0.2, 0.25) is 0 Å². The van der Waals surface area contributed by atoms with Crippen molar-refractivity contribution in [3.05, 3.63) is 64.6 Å². The number of ether oxygens (including phenoxy) is 1. The minimum absolute atomic E-state index is 0.180. The Balaban J connectivity index is 1.64. The molecular formula is C19H17ClFNO3. The molecule has 0 spiro atoms. The molecule has 0 saturated heterocycles. The topological polar surface area (TPSA) is 51.5 Å².